The number of nitrogens with one attached hydrogen (secondary N) is 1. The highest BCUT2D eigenvalue weighted by molar-refractivity contribution is 7.93. The van der Waals surface area contributed by atoms with Crippen molar-refractivity contribution in [3.05, 3.63) is 33.4 Å². The molecule has 0 fully saturated rings. The third-order valence-corrected chi connectivity index (χ3v) is 5.39. The van der Waals surface area contributed by atoms with E-state index in [2.05, 4.69) is 19.4 Å². The number of ether oxygens (including phenoxy) is 1. The summed E-state index contributed by atoms with van der Waals surface area (Å²) in [5.41, 5.74) is 0.438. The average molecular weight is 348 g/mol. The van der Waals surface area contributed by atoms with Gasteiger partial charge in [-0.15, -0.1) is 11.3 Å². The lowest BCUT2D eigenvalue weighted by molar-refractivity contribution is 0.0602. The van der Waals surface area contributed by atoms with Gasteiger partial charge in [-0.25, -0.2) is 23.2 Å². The van der Waals surface area contributed by atoms with E-state index < -0.39 is 16.0 Å². The zero-order valence-electron chi connectivity index (χ0n) is 11.0. The van der Waals surface area contributed by atoms with E-state index in [0.29, 0.717) is 5.56 Å². The molecular formula is C11H10ClN3O4S2. The third-order valence-electron chi connectivity index (χ3n) is 2.43. The van der Waals surface area contributed by atoms with Crippen molar-refractivity contribution < 1.29 is 17.9 Å². The number of aryl methyl sites for hydroxylation is 1. The monoisotopic (exact) mass is 347 g/mol. The van der Waals surface area contributed by atoms with Crippen LogP contribution in [0.4, 0.5) is 5.82 Å². The van der Waals surface area contributed by atoms with Crippen LogP contribution in [0.25, 0.3) is 0 Å². The van der Waals surface area contributed by atoms with Crippen LogP contribution in [-0.4, -0.2) is 31.5 Å². The summed E-state index contributed by atoms with van der Waals surface area (Å²) < 4.78 is 31.7. The number of thiophene rings is 1. The Hall–Kier alpha value is -1.71. The molecule has 2 rings (SSSR count). The Morgan fingerprint density at radius 1 is 1.43 bits per heavy atom. The normalized spacial score (nSPS) is 11.2. The number of hydrogen-bond acceptors (Lipinski definition) is 7. The molecule has 2 aromatic heterocycles. The van der Waals surface area contributed by atoms with Crippen molar-refractivity contribution in [2.45, 2.75) is 11.8 Å². The van der Waals surface area contributed by atoms with Gasteiger partial charge in [0.1, 0.15) is 27.1 Å². The average Bonchev–Trinajstić information content (AvgIpc) is 2.80. The number of carbonyl (C=O) groups is 1. The number of nitrogens with zero attached hydrogens (tertiary/aromatic N) is 2. The maximum absolute atomic E-state index is 12.4. The molecule has 2 aromatic rings. The van der Waals surface area contributed by atoms with Gasteiger partial charge in [0, 0.05) is 6.07 Å². The first kappa shape index (κ1) is 15.7. The second kappa shape index (κ2) is 5.96. The van der Waals surface area contributed by atoms with Gasteiger partial charge in [0.05, 0.1) is 7.11 Å². The second-order valence-electron chi connectivity index (χ2n) is 3.90. The molecule has 0 spiro atoms. The van der Waals surface area contributed by atoms with Crippen LogP contribution in [0.15, 0.2) is 22.7 Å². The molecule has 0 bridgehead atoms. The summed E-state index contributed by atoms with van der Waals surface area (Å²) in [5.74, 6) is -0.703. The first-order valence-electron chi connectivity index (χ1n) is 5.52. The smallest absolute Gasteiger partial charge is 0.349 e. The van der Waals surface area contributed by atoms with E-state index >= 15 is 0 Å². The molecule has 0 atom stereocenters. The molecule has 0 aliphatic carbocycles. The number of esters is 1. The van der Waals surface area contributed by atoms with Gasteiger partial charge in [0.2, 0.25) is 0 Å². The summed E-state index contributed by atoms with van der Waals surface area (Å²) in [4.78, 5) is 18.9. The Labute approximate surface area is 130 Å². The Morgan fingerprint density at radius 3 is 2.76 bits per heavy atom. The van der Waals surface area contributed by atoms with Gasteiger partial charge >= 0.3 is 5.97 Å². The highest BCUT2D eigenvalue weighted by Crippen LogP contribution is 2.29. The van der Waals surface area contributed by atoms with Crippen molar-refractivity contribution >= 4 is 44.7 Å². The van der Waals surface area contributed by atoms with Crippen LogP contribution in [0.1, 0.15) is 15.2 Å². The van der Waals surface area contributed by atoms with E-state index in [4.69, 9.17) is 11.6 Å². The minimum Gasteiger partial charge on any atom is -0.465 e. The number of hydrogen-bond donors (Lipinski definition) is 1. The van der Waals surface area contributed by atoms with Crippen LogP contribution in [0.5, 0.6) is 0 Å². The van der Waals surface area contributed by atoms with Crippen molar-refractivity contribution in [3.63, 3.8) is 0 Å². The predicted molar refractivity (Wildman–Crippen MR) is 78.2 cm³/mol. The molecule has 0 amide bonds. The number of carbonyl (C=O) groups excluding carboxylic acids is 1. The summed E-state index contributed by atoms with van der Waals surface area (Å²) in [6.45, 7) is 1.59. The van der Waals surface area contributed by atoms with Gasteiger partial charge in [-0.05, 0) is 17.9 Å². The lowest BCUT2D eigenvalue weighted by atomic mass is 10.3. The maximum atomic E-state index is 12.4. The number of sulfonamides is 1. The standard InChI is InChI=1S/C11H10ClN3O4S2/c1-6-4-20-9(11(16)19-2)10(6)21(17,18)15-8-3-7(12)13-5-14-8/h3-5H,1-2H3,(H,13,14,15). The number of anilines is 1. The van der Waals surface area contributed by atoms with Gasteiger partial charge < -0.3 is 4.74 Å². The quantitative estimate of drug-likeness (QED) is 0.671. The first-order valence-corrected chi connectivity index (χ1v) is 8.26. The molecule has 0 aliphatic rings. The molecule has 1 N–H and O–H groups in total. The van der Waals surface area contributed by atoms with Crippen molar-refractivity contribution in [1.29, 1.82) is 0 Å². The molecule has 21 heavy (non-hydrogen) atoms. The molecule has 0 aromatic carbocycles. The predicted octanol–water partition coefficient (Wildman–Crippen LogP) is 2.09. The van der Waals surface area contributed by atoms with Crippen molar-refractivity contribution in [3.8, 4) is 0 Å². The number of aromatic nitrogens is 2. The van der Waals surface area contributed by atoms with Crippen LogP contribution in [0.3, 0.4) is 0 Å². The number of halogens is 1. The third kappa shape index (κ3) is 3.31. The highest BCUT2D eigenvalue weighted by atomic mass is 35.5. The summed E-state index contributed by atoms with van der Waals surface area (Å²) in [6.07, 6.45) is 1.13. The fourth-order valence-electron chi connectivity index (χ4n) is 1.58. The maximum Gasteiger partial charge on any atom is 0.349 e. The number of rotatable bonds is 4. The van der Waals surface area contributed by atoms with Gasteiger partial charge in [-0.3, -0.25) is 4.72 Å². The van der Waals surface area contributed by atoms with Gasteiger partial charge in [-0.1, -0.05) is 11.6 Å². The summed E-state index contributed by atoms with van der Waals surface area (Å²) >= 11 is 6.67. The zero-order chi connectivity index (χ0) is 15.6. The van der Waals surface area contributed by atoms with Gasteiger partial charge in [0.15, 0.2) is 0 Å². The Morgan fingerprint density at radius 2 is 2.14 bits per heavy atom. The molecule has 0 saturated carbocycles. The SMILES string of the molecule is COC(=O)c1scc(C)c1S(=O)(=O)Nc1cc(Cl)ncn1. The topological polar surface area (TPSA) is 98.2 Å². The van der Waals surface area contributed by atoms with Crippen LogP contribution < -0.4 is 4.72 Å². The molecule has 7 nitrogen and oxygen atoms in total. The fraction of sp³-hybridized carbons (Fsp3) is 0.182. The first-order chi connectivity index (χ1) is 9.85. The second-order valence-corrected chi connectivity index (χ2v) is 6.79. The van der Waals surface area contributed by atoms with E-state index in [1.54, 1.807) is 12.3 Å². The molecule has 112 valence electrons. The summed E-state index contributed by atoms with van der Waals surface area (Å²) in [5, 5.41) is 1.66. The van der Waals surface area contributed by atoms with Gasteiger partial charge in [-0.2, -0.15) is 0 Å². The van der Waals surface area contributed by atoms with E-state index in [1.807, 2.05) is 0 Å². The van der Waals surface area contributed by atoms with Crippen LogP contribution >= 0.6 is 22.9 Å². The lowest BCUT2D eigenvalue weighted by Gasteiger charge is -2.08. The minimum atomic E-state index is -3.99. The molecule has 0 saturated heterocycles. The molecule has 2 heterocycles. The fourth-order valence-corrected chi connectivity index (χ4v) is 4.43. The zero-order valence-corrected chi connectivity index (χ0v) is 13.3. The van der Waals surface area contributed by atoms with Crippen LogP contribution in [0, 0.1) is 6.92 Å². The van der Waals surface area contributed by atoms with Crippen LogP contribution in [-0.2, 0) is 14.8 Å². The van der Waals surface area contributed by atoms with E-state index in [9.17, 15) is 13.2 Å². The molecule has 10 heteroatoms. The molecular weight excluding hydrogens is 338 g/mol. The molecule has 0 unspecified atom stereocenters. The van der Waals surface area contributed by atoms with E-state index in [1.165, 1.54) is 13.2 Å². The van der Waals surface area contributed by atoms with Crippen molar-refractivity contribution in [1.82, 2.24) is 9.97 Å². The van der Waals surface area contributed by atoms with Gasteiger partial charge in [0.25, 0.3) is 10.0 Å². The van der Waals surface area contributed by atoms with E-state index in [-0.39, 0.29) is 20.7 Å². The largest absolute Gasteiger partial charge is 0.465 e. The van der Waals surface area contributed by atoms with E-state index in [0.717, 1.165) is 17.7 Å². The van der Waals surface area contributed by atoms with Crippen molar-refractivity contribution in [2.75, 3.05) is 11.8 Å². The summed E-state index contributed by atoms with van der Waals surface area (Å²) in [7, 11) is -2.81. The lowest BCUT2D eigenvalue weighted by Crippen LogP contribution is -2.17. The molecule has 0 aliphatic heterocycles. The van der Waals surface area contributed by atoms with Crippen molar-refractivity contribution in [2.24, 2.45) is 0 Å². The molecule has 0 radical (unpaired) electrons. The highest BCUT2D eigenvalue weighted by Gasteiger charge is 2.28. The number of methoxy groups -OCH3 is 1. The Kier molecular flexibility index (Phi) is 4.45. The summed E-state index contributed by atoms with van der Waals surface area (Å²) in [6, 6.07) is 1.26. The Bertz CT molecular complexity index is 789. The minimum absolute atomic E-state index is 0.00246. The van der Waals surface area contributed by atoms with Crippen LogP contribution in [0.2, 0.25) is 5.15 Å². The Balaban J connectivity index is 2.45.